The van der Waals surface area contributed by atoms with Crippen LogP contribution in [0, 0.1) is 5.82 Å². The van der Waals surface area contributed by atoms with Crippen molar-refractivity contribution >= 4 is 5.96 Å². The number of aliphatic imine (C=N–C) groups is 1. The minimum Gasteiger partial charge on any atom is -0.356 e. The number of aryl methyl sites for hydroxylation is 2. The lowest BCUT2D eigenvalue weighted by Gasteiger charge is -2.26. The summed E-state index contributed by atoms with van der Waals surface area (Å²) in [6, 6.07) is 6.69. The van der Waals surface area contributed by atoms with Crippen LogP contribution in [0.5, 0.6) is 0 Å². The van der Waals surface area contributed by atoms with E-state index in [0.29, 0.717) is 25.6 Å². The summed E-state index contributed by atoms with van der Waals surface area (Å²) < 4.78 is 16.9. The highest BCUT2D eigenvalue weighted by molar-refractivity contribution is 5.79. The molecule has 0 atom stereocenters. The molecule has 1 aliphatic heterocycles. The molecule has 0 radical (unpaired) electrons. The molecular formula is C21H31FN6O. The Morgan fingerprint density at radius 3 is 2.86 bits per heavy atom. The number of nitrogens with one attached hydrogen (secondary N) is 2. The molecule has 2 heterocycles. The number of rotatable bonds is 7. The molecule has 1 aromatic carbocycles. The Balaban J connectivity index is 1.46. The highest BCUT2D eigenvalue weighted by Crippen LogP contribution is 2.22. The summed E-state index contributed by atoms with van der Waals surface area (Å²) in [6.07, 6.45) is 3.81. The number of hydrogen-bond donors (Lipinski definition) is 2. The van der Waals surface area contributed by atoms with Gasteiger partial charge in [-0.15, -0.1) is 0 Å². The van der Waals surface area contributed by atoms with Crippen molar-refractivity contribution in [3.05, 3.63) is 52.0 Å². The quantitative estimate of drug-likeness (QED) is 0.422. The topological polar surface area (TPSA) is 76.2 Å². The van der Waals surface area contributed by atoms with Crippen molar-refractivity contribution < 1.29 is 4.39 Å². The summed E-state index contributed by atoms with van der Waals surface area (Å²) in [6.45, 7) is 6.78. The Hall–Kier alpha value is -2.64. The van der Waals surface area contributed by atoms with Crippen LogP contribution in [-0.2, 0) is 24.9 Å². The van der Waals surface area contributed by atoms with E-state index in [1.807, 2.05) is 6.07 Å². The fourth-order valence-corrected chi connectivity index (χ4v) is 3.57. The first-order chi connectivity index (χ1) is 13.9. The molecule has 158 valence electrons. The Morgan fingerprint density at radius 2 is 2.14 bits per heavy atom. The largest absolute Gasteiger partial charge is 0.356 e. The number of guanidine groups is 1. The van der Waals surface area contributed by atoms with Crippen LogP contribution in [0.25, 0.3) is 0 Å². The zero-order valence-corrected chi connectivity index (χ0v) is 17.5. The fourth-order valence-electron chi connectivity index (χ4n) is 3.57. The van der Waals surface area contributed by atoms with Gasteiger partial charge in [0.05, 0.1) is 0 Å². The molecule has 3 rings (SSSR count). The van der Waals surface area contributed by atoms with Gasteiger partial charge >= 0.3 is 5.69 Å². The molecule has 1 aromatic heterocycles. The predicted molar refractivity (Wildman–Crippen MR) is 113 cm³/mol. The summed E-state index contributed by atoms with van der Waals surface area (Å²) in [4.78, 5) is 16.6. The van der Waals surface area contributed by atoms with Gasteiger partial charge in [-0.1, -0.05) is 26.0 Å². The lowest BCUT2D eigenvalue weighted by atomic mass is 9.84. The minimum absolute atomic E-state index is 0.000880. The first-order valence-corrected chi connectivity index (χ1v) is 10.3. The van der Waals surface area contributed by atoms with E-state index in [4.69, 9.17) is 0 Å². The molecular weight excluding hydrogens is 371 g/mol. The number of nitrogens with zero attached hydrogens (tertiary/aromatic N) is 4. The van der Waals surface area contributed by atoms with E-state index >= 15 is 0 Å². The molecule has 0 bridgehead atoms. The Morgan fingerprint density at radius 1 is 1.31 bits per heavy atom. The number of aromatic nitrogens is 3. The molecule has 0 amide bonds. The standard InChI is InChI=1S/C21H31FN6O/c1-21(2,16-8-6-9-17(22)14-16)15-25-19(23-3)24-11-7-13-28-20(29)27-12-5-4-10-18(27)26-28/h6,8-9,14H,4-5,7,10-13,15H2,1-3H3,(H2,23,24,25). The van der Waals surface area contributed by atoms with Crippen molar-refractivity contribution in [3.8, 4) is 0 Å². The van der Waals surface area contributed by atoms with E-state index in [1.54, 1.807) is 28.4 Å². The van der Waals surface area contributed by atoms with Gasteiger partial charge < -0.3 is 10.6 Å². The third-order valence-corrected chi connectivity index (χ3v) is 5.40. The summed E-state index contributed by atoms with van der Waals surface area (Å²) in [7, 11) is 1.72. The van der Waals surface area contributed by atoms with Crippen LogP contribution in [-0.4, -0.2) is 40.4 Å². The number of benzene rings is 1. The zero-order chi connectivity index (χ0) is 20.9. The molecule has 0 spiro atoms. The van der Waals surface area contributed by atoms with Crippen LogP contribution in [0.3, 0.4) is 0 Å². The summed E-state index contributed by atoms with van der Waals surface area (Å²) >= 11 is 0. The molecule has 1 aliphatic rings. The van der Waals surface area contributed by atoms with Gasteiger partial charge in [-0.3, -0.25) is 9.56 Å². The first kappa shape index (κ1) is 21.1. The summed E-state index contributed by atoms with van der Waals surface area (Å²) in [5.41, 5.74) is 0.686. The maximum atomic E-state index is 13.5. The Bertz CT molecular complexity index is 914. The number of hydrogen-bond acceptors (Lipinski definition) is 3. The van der Waals surface area contributed by atoms with E-state index < -0.39 is 0 Å². The van der Waals surface area contributed by atoms with E-state index in [2.05, 4.69) is 34.6 Å². The smallest absolute Gasteiger partial charge is 0.345 e. The lowest BCUT2D eigenvalue weighted by molar-refractivity contribution is 0.499. The third-order valence-electron chi connectivity index (χ3n) is 5.40. The van der Waals surface area contributed by atoms with Gasteiger partial charge in [0.15, 0.2) is 5.96 Å². The van der Waals surface area contributed by atoms with Crippen molar-refractivity contribution in [2.24, 2.45) is 4.99 Å². The van der Waals surface area contributed by atoms with E-state index in [0.717, 1.165) is 43.6 Å². The van der Waals surface area contributed by atoms with E-state index in [9.17, 15) is 9.18 Å². The predicted octanol–water partition coefficient (Wildman–Crippen LogP) is 2.05. The summed E-state index contributed by atoms with van der Waals surface area (Å²) in [5, 5.41) is 11.0. The van der Waals surface area contributed by atoms with Crippen LogP contribution >= 0.6 is 0 Å². The van der Waals surface area contributed by atoms with Crippen molar-refractivity contribution in [1.29, 1.82) is 0 Å². The Labute approximate surface area is 171 Å². The Kier molecular flexibility index (Phi) is 6.71. The monoisotopic (exact) mass is 402 g/mol. The molecule has 7 nitrogen and oxygen atoms in total. The van der Waals surface area contributed by atoms with Gasteiger partial charge in [-0.25, -0.2) is 13.9 Å². The van der Waals surface area contributed by atoms with Crippen molar-refractivity contribution in [2.45, 2.75) is 58.0 Å². The van der Waals surface area contributed by atoms with E-state index in [-0.39, 0.29) is 16.9 Å². The third kappa shape index (κ3) is 5.25. The second kappa shape index (κ2) is 9.24. The van der Waals surface area contributed by atoms with Crippen molar-refractivity contribution in [2.75, 3.05) is 20.1 Å². The maximum absolute atomic E-state index is 13.5. The van der Waals surface area contributed by atoms with Gasteiger partial charge in [0, 0.05) is 45.1 Å². The van der Waals surface area contributed by atoms with Crippen LogP contribution in [0.2, 0.25) is 0 Å². The van der Waals surface area contributed by atoms with Gasteiger partial charge in [0.1, 0.15) is 11.6 Å². The SMILES string of the molecule is CN=C(NCCCn1nc2n(c1=O)CCCC2)NCC(C)(C)c1cccc(F)c1. The maximum Gasteiger partial charge on any atom is 0.345 e. The molecule has 0 saturated carbocycles. The highest BCUT2D eigenvalue weighted by atomic mass is 19.1. The van der Waals surface area contributed by atoms with Gasteiger partial charge in [-0.2, -0.15) is 5.10 Å². The van der Waals surface area contributed by atoms with Crippen LogP contribution in [0.15, 0.2) is 34.1 Å². The molecule has 29 heavy (non-hydrogen) atoms. The summed E-state index contributed by atoms with van der Waals surface area (Å²) in [5.74, 6) is 1.37. The molecule has 2 aromatic rings. The normalized spacial score (nSPS) is 14.6. The van der Waals surface area contributed by atoms with Crippen LogP contribution < -0.4 is 16.3 Å². The average Bonchev–Trinajstić information content (AvgIpc) is 3.03. The van der Waals surface area contributed by atoms with Gasteiger partial charge in [0.2, 0.25) is 0 Å². The van der Waals surface area contributed by atoms with Gasteiger partial charge in [-0.05, 0) is 37.0 Å². The molecule has 0 fully saturated rings. The number of halogens is 1. The molecule has 2 N–H and O–H groups in total. The van der Waals surface area contributed by atoms with E-state index in [1.165, 1.54) is 6.07 Å². The highest BCUT2D eigenvalue weighted by Gasteiger charge is 2.21. The fraction of sp³-hybridized carbons (Fsp3) is 0.571. The molecule has 0 aliphatic carbocycles. The van der Waals surface area contributed by atoms with Crippen molar-refractivity contribution in [3.63, 3.8) is 0 Å². The molecule has 0 unspecified atom stereocenters. The average molecular weight is 403 g/mol. The lowest BCUT2D eigenvalue weighted by Crippen LogP contribution is -2.44. The van der Waals surface area contributed by atoms with Crippen LogP contribution in [0.1, 0.15) is 44.5 Å². The van der Waals surface area contributed by atoms with Gasteiger partial charge in [0.25, 0.3) is 0 Å². The second-order valence-corrected chi connectivity index (χ2v) is 8.13. The first-order valence-electron chi connectivity index (χ1n) is 10.3. The number of fused-ring (bicyclic) bond motifs is 1. The zero-order valence-electron chi connectivity index (χ0n) is 17.5. The molecule has 8 heteroatoms. The molecule has 0 saturated heterocycles. The van der Waals surface area contributed by atoms with Crippen molar-refractivity contribution in [1.82, 2.24) is 25.0 Å². The minimum atomic E-state index is -0.247. The second-order valence-electron chi connectivity index (χ2n) is 8.13. The van der Waals surface area contributed by atoms with Crippen LogP contribution in [0.4, 0.5) is 4.39 Å².